The van der Waals surface area contributed by atoms with E-state index in [4.69, 9.17) is 5.73 Å². The zero-order valence-corrected chi connectivity index (χ0v) is 6.85. The summed E-state index contributed by atoms with van der Waals surface area (Å²) in [5, 5.41) is 9.26. The van der Waals surface area contributed by atoms with Gasteiger partial charge in [0, 0.05) is 23.2 Å². The molecule has 2 nitrogen and oxygen atoms in total. The normalized spacial score (nSPS) is 20.4. The highest BCUT2D eigenvalue weighted by Gasteiger charge is 2.27. The fourth-order valence-corrected chi connectivity index (χ4v) is 1.77. The van der Waals surface area contributed by atoms with E-state index in [-0.39, 0.29) is 5.56 Å². The first-order valence-electron chi connectivity index (χ1n) is 4.06. The van der Waals surface area contributed by atoms with Gasteiger partial charge in [0.15, 0.2) is 11.6 Å². The van der Waals surface area contributed by atoms with E-state index in [1.54, 1.807) is 0 Å². The number of phenols is 1. The number of nitrogens with two attached hydrogens (primary N) is 1. The molecule has 1 aromatic carbocycles. The van der Waals surface area contributed by atoms with Crippen LogP contribution >= 0.6 is 0 Å². The van der Waals surface area contributed by atoms with Gasteiger partial charge < -0.3 is 10.8 Å². The smallest absolute Gasteiger partial charge is 0.168 e. The lowest BCUT2D eigenvalue weighted by Gasteiger charge is -2.07. The lowest BCUT2D eigenvalue weighted by Crippen LogP contribution is -2.07. The highest BCUT2D eigenvalue weighted by atomic mass is 19.1. The van der Waals surface area contributed by atoms with Crippen molar-refractivity contribution in [3.05, 3.63) is 28.8 Å². The van der Waals surface area contributed by atoms with Crippen molar-refractivity contribution in [3.8, 4) is 5.75 Å². The number of phenolic OH excluding ortho intramolecular Hbond substituents is 1. The Hall–Kier alpha value is -1.16. The summed E-state index contributed by atoms with van der Waals surface area (Å²) < 4.78 is 26.0. The first kappa shape index (κ1) is 8.44. The minimum Gasteiger partial charge on any atom is -0.505 e. The molecule has 1 aliphatic rings. The zero-order valence-electron chi connectivity index (χ0n) is 6.85. The minimum absolute atomic E-state index is 0.263. The third kappa shape index (κ3) is 1.09. The van der Waals surface area contributed by atoms with E-state index in [1.807, 2.05) is 0 Å². The third-order valence-electron chi connectivity index (χ3n) is 2.42. The van der Waals surface area contributed by atoms with Crippen LogP contribution in [0.25, 0.3) is 0 Å². The molecular formula is C9H9F2NO. The van der Waals surface area contributed by atoms with Crippen LogP contribution in [0.1, 0.15) is 23.6 Å². The Labute approximate surface area is 74.0 Å². The fourth-order valence-electron chi connectivity index (χ4n) is 1.77. The molecule has 0 aromatic heterocycles. The molecule has 0 amide bonds. The number of fused-ring (bicyclic) bond motifs is 1. The summed E-state index contributed by atoms with van der Waals surface area (Å²) in [7, 11) is 0. The SMILES string of the molecule is NC1CCc2c(O)c(F)cc(F)c21. The van der Waals surface area contributed by atoms with Crippen LogP contribution in [0.4, 0.5) is 8.78 Å². The van der Waals surface area contributed by atoms with Gasteiger partial charge in [0.25, 0.3) is 0 Å². The summed E-state index contributed by atoms with van der Waals surface area (Å²) in [5.41, 5.74) is 6.18. The Balaban J connectivity index is 2.69. The molecule has 0 aliphatic heterocycles. The molecule has 0 saturated heterocycles. The van der Waals surface area contributed by atoms with E-state index in [0.717, 1.165) is 0 Å². The maximum atomic E-state index is 13.2. The summed E-state index contributed by atoms with van der Waals surface area (Å²) in [6, 6.07) is 0.265. The second kappa shape index (κ2) is 2.67. The highest BCUT2D eigenvalue weighted by Crippen LogP contribution is 2.38. The van der Waals surface area contributed by atoms with E-state index in [1.165, 1.54) is 0 Å². The van der Waals surface area contributed by atoms with Gasteiger partial charge in [-0.05, 0) is 12.8 Å². The summed E-state index contributed by atoms with van der Waals surface area (Å²) >= 11 is 0. The highest BCUT2D eigenvalue weighted by molar-refractivity contribution is 5.45. The van der Waals surface area contributed by atoms with E-state index >= 15 is 0 Å². The van der Waals surface area contributed by atoms with Gasteiger partial charge in [-0.1, -0.05) is 0 Å². The van der Waals surface area contributed by atoms with Crippen LogP contribution in [-0.4, -0.2) is 5.11 Å². The van der Waals surface area contributed by atoms with Gasteiger partial charge in [-0.2, -0.15) is 0 Å². The molecule has 3 N–H and O–H groups in total. The number of halogens is 2. The van der Waals surface area contributed by atoms with Gasteiger partial charge >= 0.3 is 0 Å². The van der Waals surface area contributed by atoms with E-state index in [0.29, 0.717) is 24.5 Å². The van der Waals surface area contributed by atoms with Crippen molar-refractivity contribution in [1.82, 2.24) is 0 Å². The molecule has 0 bridgehead atoms. The Kier molecular flexibility index (Phi) is 1.73. The molecule has 2 rings (SSSR count). The first-order valence-corrected chi connectivity index (χ1v) is 4.06. The van der Waals surface area contributed by atoms with E-state index in [2.05, 4.69) is 0 Å². The Morgan fingerprint density at radius 2 is 2.08 bits per heavy atom. The van der Waals surface area contributed by atoms with Crippen molar-refractivity contribution >= 4 is 0 Å². The largest absolute Gasteiger partial charge is 0.505 e. The fraction of sp³-hybridized carbons (Fsp3) is 0.333. The molecule has 70 valence electrons. The first-order chi connectivity index (χ1) is 6.11. The second-order valence-corrected chi connectivity index (χ2v) is 3.23. The molecule has 0 fully saturated rings. The third-order valence-corrected chi connectivity index (χ3v) is 2.42. The molecule has 1 aromatic rings. The number of hydrogen-bond acceptors (Lipinski definition) is 2. The van der Waals surface area contributed by atoms with Crippen LogP contribution in [-0.2, 0) is 6.42 Å². The summed E-state index contributed by atoms with van der Waals surface area (Å²) in [6.07, 6.45) is 1.00. The maximum Gasteiger partial charge on any atom is 0.168 e. The quantitative estimate of drug-likeness (QED) is 0.645. The number of benzene rings is 1. The van der Waals surface area contributed by atoms with E-state index < -0.39 is 23.4 Å². The van der Waals surface area contributed by atoms with Crippen LogP contribution in [0, 0.1) is 11.6 Å². The van der Waals surface area contributed by atoms with Crippen molar-refractivity contribution in [2.24, 2.45) is 5.73 Å². The van der Waals surface area contributed by atoms with Gasteiger partial charge in [-0.25, -0.2) is 8.78 Å². The van der Waals surface area contributed by atoms with Gasteiger partial charge in [0.1, 0.15) is 5.82 Å². The summed E-state index contributed by atoms with van der Waals surface area (Å²) in [5.74, 6) is -2.02. The Morgan fingerprint density at radius 3 is 2.77 bits per heavy atom. The van der Waals surface area contributed by atoms with Crippen molar-refractivity contribution < 1.29 is 13.9 Å². The van der Waals surface area contributed by atoms with Crippen LogP contribution < -0.4 is 5.73 Å². The summed E-state index contributed by atoms with van der Waals surface area (Å²) in [4.78, 5) is 0. The zero-order chi connectivity index (χ0) is 9.59. The van der Waals surface area contributed by atoms with Crippen molar-refractivity contribution in [3.63, 3.8) is 0 Å². The number of aromatic hydroxyl groups is 1. The van der Waals surface area contributed by atoms with Crippen LogP contribution in [0.2, 0.25) is 0 Å². The molecule has 4 heteroatoms. The minimum atomic E-state index is -0.912. The molecule has 1 unspecified atom stereocenters. The predicted molar refractivity (Wildman–Crippen MR) is 43.3 cm³/mol. The predicted octanol–water partition coefficient (Wildman–Crippen LogP) is 1.62. The standard InChI is InChI=1S/C9H9F2NO/c10-5-3-6(11)9(13)4-1-2-7(12)8(4)5/h3,7,13H,1-2,12H2. The van der Waals surface area contributed by atoms with Crippen molar-refractivity contribution in [1.29, 1.82) is 0 Å². The lowest BCUT2D eigenvalue weighted by molar-refractivity contribution is 0.421. The molecule has 0 saturated carbocycles. The van der Waals surface area contributed by atoms with Crippen LogP contribution in [0.3, 0.4) is 0 Å². The average molecular weight is 185 g/mol. The lowest BCUT2D eigenvalue weighted by atomic mass is 10.1. The number of hydrogen-bond donors (Lipinski definition) is 2. The molecule has 13 heavy (non-hydrogen) atoms. The van der Waals surface area contributed by atoms with E-state index in [9.17, 15) is 13.9 Å². The van der Waals surface area contributed by atoms with Crippen molar-refractivity contribution in [2.45, 2.75) is 18.9 Å². The Bertz CT molecular complexity index is 365. The van der Waals surface area contributed by atoms with Crippen LogP contribution in [0.5, 0.6) is 5.75 Å². The van der Waals surface area contributed by atoms with Crippen molar-refractivity contribution in [2.75, 3.05) is 0 Å². The molecular weight excluding hydrogens is 176 g/mol. The van der Waals surface area contributed by atoms with Gasteiger partial charge in [0.2, 0.25) is 0 Å². The average Bonchev–Trinajstić information content (AvgIpc) is 2.44. The van der Waals surface area contributed by atoms with Gasteiger partial charge in [-0.3, -0.25) is 0 Å². The molecule has 1 aliphatic carbocycles. The summed E-state index contributed by atoms with van der Waals surface area (Å²) in [6.45, 7) is 0. The topological polar surface area (TPSA) is 46.2 Å². The maximum absolute atomic E-state index is 13.2. The van der Waals surface area contributed by atoms with Gasteiger partial charge in [0.05, 0.1) is 0 Å². The second-order valence-electron chi connectivity index (χ2n) is 3.23. The molecule has 0 spiro atoms. The molecule has 0 radical (unpaired) electrons. The van der Waals surface area contributed by atoms with Crippen LogP contribution in [0.15, 0.2) is 6.07 Å². The number of rotatable bonds is 0. The Morgan fingerprint density at radius 1 is 1.38 bits per heavy atom. The monoisotopic (exact) mass is 185 g/mol. The molecule has 0 heterocycles. The molecule has 1 atom stereocenters. The van der Waals surface area contributed by atoms with Gasteiger partial charge in [-0.15, -0.1) is 0 Å².